The molecule has 142 valence electrons. The van der Waals surface area contributed by atoms with Gasteiger partial charge in [-0.25, -0.2) is 0 Å². The fourth-order valence-electron chi connectivity index (χ4n) is 3.68. The number of aromatic amines is 1. The van der Waals surface area contributed by atoms with Crippen LogP contribution in [0.15, 0.2) is 28.8 Å². The molecular formula is C20H24N4O3. The van der Waals surface area contributed by atoms with Gasteiger partial charge in [-0.1, -0.05) is 18.0 Å². The summed E-state index contributed by atoms with van der Waals surface area (Å²) >= 11 is 0. The van der Waals surface area contributed by atoms with Crippen LogP contribution in [0.25, 0.3) is 22.5 Å². The molecule has 1 aliphatic rings. The number of likely N-dealkylation sites (N-methyl/N-ethyl adjacent to an activating group) is 1. The van der Waals surface area contributed by atoms with Gasteiger partial charge in [-0.15, -0.1) is 0 Å². The van der Waals surface area contributed by atoms with E-state index in [9.17, 15) is 4.79 Å². The van der Waals surface area contributed by atoms with Crippen LogP contribution in [0.1, 0.15) is 31.5 Å². The van der Waals surface area contributed by atoms with Crippen LogP contribution in [-0.2, 0) is 11.2 Å². The summed E-state index contributed by atoms with van der Waals surface area (Å²) in [4.78, 5) is 21.9. The number of rotatable bonds is 6. The molecule has 1 saturated carbocycles. The number of carbonyl (C=O) groups is 1. The summed E-state index contributed by atoms with van der Waals surface area (Å²) in [6.07, 6.45) is 4.93. The Balaban J connectivity index is 1.41. The SMILES string of the molecule is COc1ccc2cc(-c3nc(CCN(C)C(=O)C4CCCC4)no3)[nH]c2c1. The Bertz CT molecular complexity index is 940. The van der Waals surface area contributed by atoms with Crippen LogP contribution in [0.4, 0.5) is 0 Å². The molecule has 1 N–H and O–H groups in total. The Kier molecular flexibility index (Phi) is 4.83. The number of aromatic nitrogens is 3. The first-order valence-corrected chi connectivity index (χ1v) is 9.39. The van der Waals surface area contributed by atoms with Gasteiger partial charge < -0.3 is 19.1 Å². The molecule has 0 atom stereocenters. The van der Waals surface area contributed by atoms with E-state index in [1.807, 2.05) is 31.3 Å². The molecule has 0 saturated heterocycles. The first-order chi connectivity index (χ1) is 13.1. The van der Waals surface area contributed by atoms with Gasteiger partial charge in [0.15, 0.2) is 5.82 Å². The van der Waals surface area contributed by atoms with Gasteiger partial charge in [0.2, 0.25) is 5.91 Å². The van der Waals surface area contributed by atoms with E-state index < -0.39 is 0 Å². The van der Waals surface area contributed by atoms with Crippen molar-refractivity contribution in [1.82, 2.24) is 20.0 Å². The zero-order valence-corrected chi connectivity index (χ0v) is 15.7. The second-order valence-electron chi connectivity index (χ2n) is 7.14. The van der Waals surface area contributed by atoms with E-state index in [0.717, 1.165) is 48.0 Å². The van der Waals surface area contributed by atoms with Crippen LogP contribution in [0.5, 0.6) is 5.75 Å². The zero-order valence-electron chi connectivity index (χ0n) is 15.7. The van der Waals surface area contributed by atoms with Crippen LogP contribution < -0.4 is 4.74 Å². The molecular weight excluding hydrogens is 344 g/mol. The van der Waals surface area contributed by atoms with E-state index in [-0.39, 0.29) is 11.8 Å². The predicted molar refractivity (Wildman–Crippen MR) is 101 cm³/mol. The highest BCUT2D eigenvalue weighted by molar-refractivity contribution is 5.85. The molecule has 0 aliphatic heterocycles. The van der Waals surface area contributed by atoms with Crippen LogP contribution in [-0.4, -0.2) is 46.6 Å². The van der Waals surface area contributed by atoms with Gasteiger partial charge in [0, 0.05) is 42.9 Å². The van der Waals surface area contributed by atoms with E-state index in [2.05, 4.69) is 15.1 Å². The highest BCUT2D eigenvalue weighted by atomic mass is 16.5. The number of hydrogen-bond donors (Lipinski definition) is 1. The largest absolute Gasteiger partial charge is 0.497 e. The maximum atomic E-state index is 12.4. The quantitative estimate of drug-likeness (QED) is 0.721. The average molecular weight is 368 g/mol. The Labute approximate surface area is 157 Å². The van der Waals surface area contributed by atoms with Crippen LogP contribution >= 0.6 is 0 Å². The first-order valence-electron chi connectivity index (χ1n) is 9.39. The third-order valence-electron chi connectivity index (χ3n) is 5.28. The lowest BCUT2D eigenvalue weighted by molar-refractivity contribution is -0.133. The molecule has 7 nitrogen and oxygen atoms in total. The van der Waals surface area contributed by atoms with Crippen molar-refractivity contribution >= 4 is 16.8 Å². The van der Waals surface area contributed by atoms with Crippen molar-refractivity contribution in [1.29, 1.82) is 0 Å². The second kappa shape index (κ2) is 7.42. The maximum Gasteiger partial charge on any atom is 0.274 e. The van der Waals surface area contributed by atoms with Gasteiger partial charge in [0.05, 0.1) is 7.11 Å². The molecule has 1 amide bonds. The van der Waals surface area contributed by atoms with Gasteiger partial charge in [0.1, 0.15) is 11.4 Å². The smallest absolute Gasteiger partial charge is 0.274 e. The minimum atomic E-state index is 0.194. The molecule has 7 heteroatoms. The lowest BCUT2D eigenvalue weighted by Crippen LogP contribution is -2.33. The molecule has 1 fully saturated rings. The molecule has 0 radical (unpaired) electrons. The van der Waals surface area contributed by atoms with E-state index in [1.165, 1.54) is 0 Å². The molecule has 0 unspecified atom stereocenters. The number of H-pyrrole nitrogens is 1. The van der Waals surface area contributed by atoms with E-state index in [4.69, 9.17) is 9.26 Å². The highest BCUT2D eigenvalue weighted by Crippen LogP contribution is 2.27. The molecule has 3 aromatic rings. The average Bonchev–Trinajstić information content (AvgIpc) is 3.44. The number of hydrogen-bond acceptors (Lipinski definition) is 5. The lowest BCUT2D eigenvalue weighted by atomic mass is 10.1. The first kappa shape index (κ1) is 17.6. The molecule has 0 spiro atoms. The van der Waals surface area contributed by atoms with E-state index in [1.54, 1.807) is 12.0 Å². The summed E-state index contributed by atoms with van der Waals surface area (Å²) in [5, 5.41) is 5.11. The van der Waals surface area contributed by atoms with Crippen molar-refractivity contribution in [2.75, 3.05) is 20.7 Å². The number of amides is 1. The van der Waals surface area contributed by atoms with Crippen LogP contribution in [0, 0.1) is 5.92 Å². The van der Waals surface area contributed by atoms with Crippen molar-refractivity contribution in [3.05, 3.63) is 30.1 Å². The van der Waals surface area contributed by atoms with Gasteiger partial charge >= 0.3 is 0 Å². The zero-order chi connectivity index (χ0) is 18.8. The monoisotopic (exact) mass is 368 g/mol. The summed E-state index contributed by atoms with van der Waals surface area (Å²) in [6, 6.07) is 7.80. The number of benzene rings is 1. The van der Waals surface area contributed by atoms with Gasteiger partial charge in [-0.05, 0) is 31.0 Å². The second-order valence-corrected chi connectivity index (χ2v) is 7.14. The minimum Gasteiger partial charge on any atom is -0.497 e. The van der Waals surface area contributed by atoms with Crippen LogP contribution in [0.3, 0.4) is 0 Å². The molecule has 27 heavy (non-hydrogen) atoms. The molecule has 2 heterocycles. The Morgan fingerprint density at radius 2 is 2.15 bits per heavy atom. The summed E-state index contributed by atoms with van der Waals surface area (Å²) in [6.45, 7) is 0.595. The topological polar surface area (TPSA) is 84.2 Å². The Hall–Kier alpha value is -2.83. The fourth-order valence-corrected chi connectivity index (χ4v) is 3.68. The Morgan fingerprint density at radius 1 is 1.33 bits per heavy atom. The standard InChI is InChI=1S/C20H24N4O3/c1-24(20(25)13-5-3-4-6-13)10-9-18-22-19(27-23-18)17-11-14-7-8-15(26-2)12-16(14)21-17/h7-8,11-13,21H,3-6,9-10H2,1-2H3. The number of nitrogens with one attached hydrogen (secondary N) is 1. The van der Waals surface area contributed by atoms with E-state index in [0.29, 0.717) is 24.7 Å². The summed E-state index contributed by atoms with van der Waals surface area (Å²) in [5.74, 6) is 2.27. The highest BCUT2D eigenvalue weighted by Gasteiger charge is 2.25. The molecule has 1 aromatic carbocycles. The van der Waals surface area contributed by atoms with E-state index >= 15 is 0 Å². The number of carbonyl (C=O) groups excluding carboxylic acids is 1. The van der Waals surface area contributed by atoms with Crippen molar-refractivity contribution in [3.8, 4) is 17.3 Å². The van der Waals surface area contributed by atoms with Gasteiger partial charge in [0.25, 0.3) is 5.89 Å². The number of methoxy groups -OCH3 is 1. The Morgan fingerprint density at radius 3 is 2.93 bits per heavy atom. The van der Waals surface area contributed by atoms with Crippen molar-refractivity contribution < 1.29 is 14.1 Å². The molecule has 1 aliphatic carbocycles. The summed E-state index contributed by atoms with van der Waals surface area (Å²) < 4.78 is 10.7. The normalized spacial score (nSPS) is 14.7. The summed E-state index contributed by atoms with van der Waals surface area (Å²) in [7, 11) is 3.50. The third-order valence-corrected chi connectivity index (χ3v) is 5.28. The van der Waals surface area contributed by atoms with Crippen molar-refractivity contribution in [3.63, 3.8) is 0 Å². The van der Waals surface area contributed by atoms with Crippen molar-refractivity contribution in [2.24, 2.45) is 5.92 Å². The number of fused-ring (bicyclic) bond motifs is 1. The van der Waals surface area contributed by atoms with Gasteiger partial charge in [-0.3, -0.25) is 4.79 Å². The summed E-state index contributed by atoms with van der Waals surface area (Å²) in [5.41, 5.74) is 1.72. The third kappa shape index (κ3) is 3.67. The predicted octanol–water partition coefficient (Wildman–Crippen LogP) is 3.42. The molecule has 0 bridgehead atoms. The van der Waals surface area contributed by atoms with Gasteiger partial charge in [-0.2, -0.15) is 4.98 Å². The van der Waals surface area contributed by atoms with Crippen molar-refractivity contribution in [2.45, 2.75) is 32.1 Å². The van der Waals surface area contributed by atoms with Crippen LogP contribution in [0.2, 0.25) is 0 Å². The minimum absolute atomic E-state index is 0.194. The fraction of sp³-hybridized carbons (Fsp3) is 0.450. The number of nitrogens with zero attached hydrogens (tertiary/aromatic N) is 3. The maximum absolute atomic E-state index is 12.4. The molecule has 2 aromatic heterocycles. The molecule has 4 rings (SSSR count). The lowest BCUT2D eigenvalue weighted by Gasteiger charge is -2.20. The number of ether oxygens (including phenoxy) is 1.